The van der Waals surface area contributed by atoms with E-state index in [1.165, 1.54) is 31.4 Å². The van der Waals surface area contributed by atoms with Crippen molar-refractivity contribution in [3.8, 4) is 0 Å². The van der Waals surface area contributed by atoms with Crippen LogP contribution < -0.4 is 5.32 Å². The van der Waals surface area contributed by atoms with E-state index in [1.54, 1.807) is 11.6 Å². The molecule has 1 aromatic carbocycles. The number of piperazine rings is 1. The molecule has 3 aliphatic heterocycles. The van der Waals surface area contributed by atoms with Crippen LogP contribution in [0.5, 0.6) is 0 Å². The van der Waals surface area contributed by atoms with Gasteiger partial charge in [-0.05, 0) is 48.8 Å². The zero-order chi connectivity index (χ0) is 31.0. The second-order valence-electron chi connectivity index (χ2n) is 12.6. The number of urea groups is 1. The number of hydrogen-bond donors (Lipinski definition) is 2. The fourth-order valence-corrected chi connectivity index (χ4v) is 8.56. The summed E-state index contributed by atoms with van der Waals surface area (Å²) in [4.78, 5) is 53.1. The van der Waals surface area contributed by atoms with Gasteiger partial charge < -0.3 is 25.0 Å². The van der Waals surface area contributed by atoms with Gasteiger partial charge in [-0.3, -0.25) is 14.7 Å². The van der Waals surface area contributed by atoms with Crippen LogP contribution in [0.2, 0.25) is 0 Å². The van der Waals surface area contributed by atoms with E-state index in [0.29, 0.717) is 54.8 Å². The summed E-state index contributed by atoms with van der Waals surface area (Å²) in [5.41, 5.74) is 0.732. The number of hydrogen-bond acceptors (Lipinski definition) is 9. The normalized spacial score (nSPS) is 29.5. The lowest BCUT2D eigenvalue weighted by molar-refractivity contribution is -0.208. The molecule has 2 bridgehead atoms. The van der Waals surface area contributed by atoms with Gasteiger partial charge in [0.2, 0.25) is 0 Å². The summed E-state index contributed by atoms with van der Waals surface area (Å²) in [5.74, 6) is -3.00. The van der Waals surface area contributed by atoms with Crippen LogP contribution in [0.25, 0.3) is 0 Å². The molecular weight excluding hydrogens is 594 g/mol. The molecule has 11 nitrogen and oxygen atoms in total. The Hall–Kier alpha value is -3.91. The number of carboxylic acid groups (broad SMARTS) is 1. The number of amidine groups is 1. The number of aromatic nitrogens is 1. The number of nitrogens with zero attached hydrogens (tertiary/aromatic N) is 5. The van der Waals surface area contributed by atoms with Gasteiger partial charge in [0.25, 0.3) is 0 Å². The molecule has 0 spiro atoms. The Labute approximate surface area is 256 Å². The van der Waals surface area contributed by atoms with Crippen LogP contribution in [0, 0.1) is 24.0 Å². The number of thiazole rings is 1. The van der Waals surface area contributed by atoms with Gasteiger partial charge >= 0.3 is 18.0 Å². The van der Waals surface area contributed by atoms with E-state index < -0.39 is 29.6 Å². The highest BCUT2D eigenvalue weighted by Gasteiger charge is 2.72. The number of carbonyl (C=O) groups excluding carboxylic acids is 2. The van der Waals surface area contributed by atoms with E-state index in [-0.39, 0.29) is 40.6 Å². The smallest absolute Gasteiger partial charge is 0.338 e. The summed E-state index contributed by atoms with van der Waals surface area (Å²) in [6.45, 7) is 3.97. The number of carboxylic acids is 1. The Balaban J connectivity index is 1.15. The molecule has 2 amide bonds. The van der Waals surface area contributed by atoms with Crippen molar-refractivity contribution in [1.82, 2.24) is 25.0 Å². The second-order valence-corrected chi connectivity index (χ2v) is 13.5. The predicted molar refractivity (Wildman–Crippen MR) is 155 cm³/mol. The number of nitrogens with one attached hydrogen (secondary N) is 1. The van der Waals surface area contributed by atoms with E-state index in [0.717, 1.165) is 25.3 Å². The van der Waals surface area contributed by atoms with E-state index in [4.69, 9.17) is 9.73 Å². The summed E-state index contributed by atoms with van der Waals surface area (Å²) in [6, 6.07) is 1.47. The lowest BCUT2D eigenvalue weighted by Crippen LogP contribution is -2.75. The monoisotopic (exact) mass is 626 g/mol. The molecule has 0 radical (unpaired) electrons. The van der Waals surface area contributed by atoms with Gasteiger partial charge in [-0.2, -0.15) is 0 Å². The number of rotatable bonds is 8. The molecule has 8 rings (SSSR count). The molecule has 2 aromatic rings. The third-order valence-electron chi connectivity index (χ3n) is 9.87. The molecule has 6 aliphatic rings. The molecule has 3 saturated carbocycles. The fraction of sp³-hybridized carbons (Fsp3) is 0.500. The number of aliphatic carboxylic acids is 1. The summed E-state index contributed by atoms with van der Waals surface area (Å²) in [7, 11) is 1.27. The summed E-state index contributed by atoms with van der Waals surface area (Å²) < 4.78 is 34.0. The average molecular weight is 627 g/mol. The topological polar surface area (TPSA) is 128 Å². The Morgan fingerprint density at radius 3 is 2.66 bits per heavy atom. The molecule has 2 N–H and O–H groups in total. The molecule has 44 heavy (non-hydrogen) atoms. The number of carbonyl (C=O) groups is 3. The maximum absolute atomic E-state index is 14.7. The molecule has 2 unspecified atom stereocenters. The number of amides is 2. The Morgan fingerprint density at radius 1 is 1.20 bits per heavy atom. The van der Waals surface area contributed by atoms with Crippen molar-refractivity contribution < 1.29 is 33.0 Å². The molecule has 5 fully saturated rings. The van der Waals surface area contributed by atoms with E-state index in [9.17, 15) is 28.3 Å². The van der Waals surface area contributed by atoms with Crippen LogP contribution in [-0.2, 0) is 14.3 Å². The molecule has 2 saturated heterocycles. The standard InChI is InChI=1S/C30H32F2N6O5S/c1-16-18(3-4-19(31)23(16)32)24-22(27(41)43-2)20(34-25(35-24)26-33-5-8-44-26)12-36-6-7-37-17(10-36)11-38(28(37)42)30-13-29(14-30,15-30)9-21(39)40/h3-5,8,17,24H,6-7,9-15H2,1-2H3,(H,34,35)(H,39,40). The quantitative estimate of drug-likeness (QED) is 0.428. The maximum atomic E-state index is 14.7. The molecule has 4 heterocycles. The van der Waals surface area contributed by atoms with Gasteiger partial charge in [0.05, 0.1) is 25.1 Å². The Bertz CT molecular complexity index is 1610. The third-order valence-corrected chi connectivity index (χ3v) is 10.7. The van der Waals surface area contributed by atoms with E-state index in [1.807, 2.05) is 9.80 Å². The van der Waals surface area contributed by atoms with Gasteiger partial charge in [-0.25, -0.2) is 23.4 Å². The highest BCUT2D eigenvalue weighted by molar-refractivity contribution is 7.11. The van der Waals surface area contributed by atoms with Crippen molar-refractivity contribution in [2.45, 2.75) is 50.2 Å². The van der Waals surface area contributed by atoms with Crippen molar-refractivity contribution in [3.63, 3.8) is 0 Å². The highest BCUT2D eigenvalue weighted by Crippen LogP contribution is 2.72. The first-order valence-corrected chi connectivity index (χ1v) is 15.4. The van der Waals surface area contributed by atoms with Crippen LogP contribution in [0.4, 0.5) is 13.6 Å². The molecule has 232 valence electrons. The number of ether oxygens (including phenoxy) is 1. The molecule has 14 heteroatoms. The number of benzene rings is 1. The van der Waals surface area contributed by atoms with Gasteiger partial charge in [0.1, 0.15) is 6.04 Å². The largest absolute Gasteiger partial charge is 0.481 e. The fourth-order valence-electron chi connectivity index (χ4n) is 7.98. The van der Waals surface area contributed by atoms with Crippen LogP contribution >= 0.6 is 11.3 Å². The van der Waals surface area contributed by atoms with Gasteiger partial charge in [0, 0.05) is 55.5 Å². The minimum absolute atomic E-state index is 0.00981. The van der Waals surface area contributed by atoms with Crippen molar-refractivity contribution in [2.75, 3.05) is 39.8 Å². The van der Waals surface area contributed by atoms with Gasteiger partial charge in [-0.1, -0.05) is 6.07 Å². The van der Waals surface area contributed by atoms with Crippen molar-refractivity contribution in [2.24, 2.45) is 10.4 Å². The summed E-state index contributed by atoms with van der Waals surface area (Å²) >= 11 is 1.36. The zero-order valence-corrected chi connectivity index (χ0v) is 25.1. The first-order chi connectivity index (χ1) is 21.0. The Kier molecular flexibility index (Phi) is 6.77. The van der Waals surface area contributed by atoms with E-state index >= 15 is 0 Å². The molecule has 2 atom stereocenters. The number of esters is 1. The molecular formula is C30H32F2N6O5S. The van der Waals surface area contributed by atoms with Crippen molar-refractivity contribution >= 4 is 35.1 Å². The minimum atomic E-state index is -0.998. The first kappa shape index (κ1) is 28.8. The lowest BCUT2D eigenvalue weighted by atomic mass is 9.38. The number of aliphatic imine (C=N–C) groups is 1. The molecule has 3 aliphatic carbocycles. The maximum Gasteiger partial charge on any atom is 0.338 e. The zero-order valence-electron chi connectivity index (χ0n) is 24.3. The number of methoxy groups -OCH3 is 1. The summed E-state index contributed by atoms with van der Waals surface area (Å²) in [6.07, 6.45) is 4.01. The van der Waals surface area contributed by atoms with Crippen LogP contribution in [-0.4, -0.2) is 100 Å². The number of fused-ring (bicyclic) bond motifs is 1. The SMILES string of the molecule is COC(=O)C1=C(CN2CCN3C(=O)N(C45CC(CC(=O)O)(C4)C5)CC3C2)NC(c2nccs2)=NC1c1ccc(F)c(F)c1C. The van der Waals surface area contributed by atoms with Crippen LogP contribution in [0.1, 0.15) is 47.9 Å². The molecule has 1 aromatic heterocycles. The minimum Gasteiger partial charge on any atom is -0.481 e. The predicted octanol–water partition coefficient (Wildman–Crippen LogP) is 3.07. The van der Waals surface area contributed by atoms with Crippen molar-refractivity contribution in [1.29, 1.82) is 0 Å². The lowest BCUT2D eigenvalue weighted by Gasteiger charge is -2.73. The van der Waals surface area contributed by atoms with Crippen LogP contribution in [0.3, 0.4) is 0 Å². The second kappa shape index (κ2) is 10.3. The van der Waals surface area contributed by atoms with Gasteiger partial charge in [0.15, 0.2) is 22.5 Å². The Morgan fingerprint density at radius 2 is 1.98 bits per heavy atom. The van der Waals surface area contributed by atoms with Crippen LogP contribution in [0.15, 0.2) is 40.0 Å². The van der Waals surface area contributed by atoms with E-state index in [2.05, 4.69) is 15.2 Å². The highest BCUT2D eigenvalue weighted by atomic mass is 32.1. The number of halogens is 2. The first-order valence-electron chi connectivity index (χ1n) is 14.6. The van der Waals surface area contributed by atoms with Crippen molar-refractivity contribution in [3.05, 3.63) is 62.7 Å². The summed E-state index contributed by atoms with van der Waals surface area (Å²) in [5, 5.41) is 14.9. The third kappa shape index (κ3) is 4.48. The average Bonchev–Trinajstić information content (AvgIpc) is 3.61. The van der Waals surface area contributed by atoms with Gasteiger partial charge in [-0.15, -0.1) is 11.3 Å².